The lowest BCUT2D eigenvalue weighted by atomic mass is 10.1. The molecule has 2 heterocycles. The van der Waals surface area contributed by atoms with Crippen LogP contribution in [0.2, 0.25) is 0 Å². The van der Waals surface area contributed by atoms with E-state index in [2.05, 4.69) is 4.98 Å². The number of anilines is 1. The number of hydrogen-bond donors (Lipinski definition) is 1. The molecule has 0 fully saturated rings. The smallest absolute Gasteiger partial charge is 0.264 e. The number of carbonyl (C=O) groups excluding carboxylic acids is 1. The summed E-state index contributed by atoms with van der Waals surface area (Å²) in [5.41, 5.74) is 9.06. The quantitative estimate of drug-likeness (QED) is 0.730. The van der Waals surface area contributed by atoms with Gasteiger partial charge in [0.15, 0.2) is 0 Å². The van der Waals surface area contributed by atoms with E-state index in [1.807, 2.05) is 30.5 Å². The Kier molecular flexibility index (Phi) is 4.24. The summed E-state index contributed by atoms with van der Waals surface area (Å²) in [6.07, 6.45) is 0.644. The Morgan fingerprint density at radius 3 is 2.56 bits per heavy atom. The fraction of sp³-hybridized carbons (Fsp3) is 0.158. The molecule has 0 bridgehead atoms. The number of primary amides is 1. The molecule has 1 amide bonds. The van der Waals surface area contributed by atoms with Crippen LogP contribution in [0.3, 0.4) is 0 Å². The largest absolute Gasteiger partial charge is 0.366 e. The van der Waals surface area contributed by atoms with E-state index in [1.54, 1.807) is 11.3 Å². The van der Waals surface area contributed by atoms with Crippen molar-refractivity contribution in [3.05, 3.63) is 64.0 Å². The van der Waals surface area contributed by atoms with Crippen LogP contribution in [0.1, 0.15) is 20.9 Å². The summed E-state index contributed by atoms with van der Waals surface area (Å²) in [6, 6.07) is 11.4. The lowest BCUT2D eigenvalue weighted by Crippen LogP contribution is -2.29. The first-order valence-electron chi connectivity index (χ1n) is 8.34. The molecular formula is C19H17N3O3S2. The van der Waals surface area contributed by atoms with Gasteiger partial charge in [-0.3, -0.25) is 9.10 Å². The molecule has 2 aromatic carbocycles. The Hall–Kier alpha value is -2.71. The maximum absolute atomic E-state index is 13.0. The number of nitrogens with two attached hydrogens (primary N) is 1. The molecule has 1 aromatic heterocycles. The molecule has 0 saturated carbocycles. The van der Waals surface area contributed by atoms with Crippen LogP contribution in [-0.4, -0.2) is 25.9 Å². The number of hydrogen-bond acceptors (Lipinski definition) is 5. The Morgan fingerprint density at radius 2 is 1.93 bits per heavy atom. The van der Waals surface area contributed by atoms with E-state index in [-0.39, 0.29) is 10.5 Å². The van der Waals surface area contributed by atoms with Gasteiger partial charge in [-0.05, 0) is 55.3 Å². The number of aromatic nitrogens is 1. The van der Waals surface area contributed by atoms with Crippen LogP contribution in [-0.2, 0) is 16.4 Å². The highest BCUT2D eigenvalue weighted by atomic mass is 32.2. The van der Waals surface area contributed by atoms with Crippen LogP contribution in [0.25, 0.3) is 11.3 Å². The number of aryl methyl sites for hydroxylation is 1. The van der Waals surface area contributed by atoms with Gasteiger partial charge in [0.1, 0.15) is 0 Å². The first-order chi connectivity index (χ1) is 12.9. The predicted octanol–water partition coefficient (Wildman–Crippen LogP) is 2.97. The summed E-state index contributed by atoms with van der Waals surface area (Å²) in [7, 11) is -3.70. The molecule has 1 aliphatic heterocycles. The molecule has 27 heavy (non-hydrogen) atoms. The van der Waals surface area contributed by atoms with E-state index >= 15 is 0 Å². The molecule has 0 radical (unpaired) electrons. The van der Waals surface area contributed by atoms with Crippen LogP contribution >= 0.6 is 11.3 Å². The van der Waals surface area contributed by atoms with Gasteiger partial charge in [0.2, 0.25) is 5.91 Å². The summed E-state index contributed by atoms with van der Waals surface area (Å²) in [6.45, 7) is 2.34. The van der Waals surface area contributed by atoms with Crippen LogP contribution in [0.15, 0.2) is 52.7 Å². The number of thiazole rings is 1. The second-order valence-electron chi connectivity index (χ2n) is 6.31. The number of benzene rings is 2. The van der Waals surface area contributed by atoms with Gasteiger partial charge < -0.3 is 5.73 Å². The first kappa shape index (κ1) is 17.7. The Morgan fingerprint density at radius 1 is 1.19 bits per heavy atom. The number of carbonyl (C=O) groups is 1. The van der Waals surface area contributed by atoms with Crippen molar-refractivity contribution in [2.75, 3.05) is 10.8 Å². The third-order valence-corrected chi connectivity index (χ3v) is 7.17. The molecule has 0 unspecified atom stereocenters. The number of nitrogens with zero attached hydrogens (tertiary/aromatic N) is 2. The average molecular weight is 399 g/mol. The molecule has 0 saturated heterocycles. The molecule has 0 aliphatic carbocycles. The molecular weight excluding hydrogens is 382 g/mol. The molecule has 3 aromatic rings. The zero-order valence-electron chi connectivity index (χ0n) is 14.5. The summed E-state index contributed by atoms with van der Waals surface area (Å²) >= 11 is 1.59. The Labute approximate surface area is 161 Å². The maximum atomic E-state index is 13.0. The number of fused-ring (bicyclic) bond motifs is 1. The van der Waals surface area contributed by atoms with Gasteiger partial charge in [0.05, 0.1) is 21.3 Å². The van der Waals surface area contributed by atoms with Crippen molar-refractivity contribution < 1.29 is 13.2 Å². The van der Waals surface area contributed by atoms with Crippen molar-refractivity contribution >= 4 is 33.0 Å². The second-order valence-corrected chi connectivity index (χ2v) is 9.24. The Balaban J connectivity index is 1.68. The molecule has 4 rings (SSSR count). The third kappa shape index (κ3) is 3.11. The maximum Gasteiger partial charge on any atom is 0.264 e. The number of sulfonamides is 1. The zero-order valence-corrected chi connectivity index (χ0v) is 16.2. The summed E-state index contributed by atoms with van der Waals surface area (Å²) in [5, 5.41) is 3.00. The molecule has 2 N–H and O–H groups in total. The molecule has 8 heteroatoms. The number of rotatable bonds is 4. The Bertz CT molecular complexity index is 1140. The van der Waals surface area contributed by atoms with Crippen LogP contribution in [0.5, 0.6) is 0 Å². The standard InChI is InChI=1S/C19H17N3O3S2/c1-12-21-17(11-26-12)14-4-7-18-15(10-14)8-9-22(18)27(24,25)16-5-2-13(3-6-16)19(20)23/h2-7,10-11H,8-9H2,1H3,(H2,20,23). The van der Waals surface area contributed by atoms with Crippen LogP contribution < -0.4 is 10.0 Å². The van der Waals surface area contributed by atoms with E-state index in [0.717, 1.165) is 21.8 Å². The lowest BCUT2D eigenvalue weighted by molar-refractivity contribution is 0.1000. The highest BCUT2D eigenvalue weighted by Gasteiger charge is 2.31. The lowest BCUT2D eigenvalue weighted by Gasteiger charge is -2.20. The van der Waals surface area contributed by atoms with Crippen molar-refractivity contribution in [1.29, 1.82) is 0 Å². The molecule has 138 valence electrons. The highest BCUT2D eigenvalue weighted by Crippen LogP contribution is 2.36. The van der Waals surface area contributed by atoms with Crippen molar-refractivity contribution in [2.45, 2.75) is 18.2 Å². The van der Waals surface area contributed by atoms with Crippen LogP contribution in [0.4, 0.5) is 5.69 Å². The second kappa shape index (κ2) is 6.47. The molecule has 6 nitrogen and oxygen atoms in total. The van der Waals surface area contributed by atoms with Crippen molar-refractivity contribution in [2.24, 2.45) is 5.73 Å². The average Bonchev–Trinajstić information content (AvgIpc) is 3.27. The minimum absolute atomic E-state index is 0.138. The van der Waals surface area contributed by atoms with Gasteiger partial charge in [0, 0.05) is 23.1 Å². The minimum atomic E-state index is -3.70. The predicted molar refractivity (Wildman–Crippen MR) is 105 cm³/mol. The zero-order chi connectivity index (χ0) is 19.2. The highest BCUT2D eigenvalue weighted by molar-refractivity contribution is 7.92. The summed E-state index contributed by atoms with van der Waals surface area (Å²) in [4.78, 5) is 15.8. The SMILES string of the molecule is Cc1nc(-c2ccc3c(c2)CCN3S(=O)(=O)c2ccc(C(N)=O)cc2)cs1. The van der Waals surface area contributed by atoms with Crippen molar-refractivity contribution in [3.8, 4) is 11.3 Å². The van der Waals surface area contributed by atoms with Gasteiger partial charge in [-0.2, -0.15) is 0 Å². The normalized spacial score (nSPS) is 13.6. The van der Waals surface area contributed by atoms with Gasteiger partial charge in [-0.1, -0.05) is 6.07 Å². The fourth-order valence-corrected chi connectivity index (χ4v) is 5.32. The topological polar surface area (TPSA) is 93.4 Å². The molecule has 0 atom stereocenters. The summed E-state index contributed by atoms with van der Waals surface area (Å²) < 4.78 is 27.5. The van der Waals surface area contributed by atoms with E-state index in [1.165, 1.54) is 28.6 Å². The monoisotopic (exact) mass is 399 g/mol. The molecule has 1 aliphatic rings. The summed E-state index contributed by atoms with van der Waals surface area (Å²) in [5.74, 6) is -0.588. The molecule has 0 spiro atoms. The minimum Gasteiger partial charge on any atom is -0.366 e. The fourth-order valence-electron chi connectivity index (χ4n) is 3.19. The van der Waals surface area contributed by atoms with E-state index < -0.39 is 15.9 Å². The van der Waals surface area contributed by atoms with Gasteiger partial charge in [-0.15, -0.1) is 11.3 Å². The van der Waals surface area contributed by atoms with E-state index in [9.17, 15) is 13.2 Å². The van der Waals surface area contributed by atoms with Gasteiger partial charge in [-0.25, -0.2) is 13.4 Å². The van der Waals surface area contributed by atoms with Crippen LogP contribution in [0, 0.1) is 6.92 Å². The first-order valence-corrected chi connectivity index (χ1v) is 10.7. The van der Waals surface area contributed by atoms with Crippen molar-refractivity contribution in [1.82, 2.24) is 4.98 Å². The van der Waals surface area contributed by atoms with E-state index in [0.29, 0.717) is 18.7 Å². The number of amides is 1. The van der Waals surface area contributed by atoms with E-state index in [4.69, 9.17) is 5.73 Å². The van der Waals surface area contributed by atoms with Gasteiger partial charge in [0.25, 0.3) is 10.0 Å². The van der Waals surface area contributed by atoms with Gasteiger partial charge >= 0.3 is 0 Å². The van der Waals surface area contributed by atoms with Crippen molar-refractivity contribution in [3.63, 3.8) is 0 Å². The third-order valence-electron chi connectivity index (χ3n) is 4.57.